The van der Waals surface area contributed by atoms with Crippen molar-refractivity contribution in [1.29, 1.82) is 0 Å². The quantitative estimate of drug-likeness (QED) is 0.320. The van der Waals surface area contributed by atoms with Crippen LogP contribution >= 0.6 is 0 Å². The van der Waals surface area contributed by atoms with Crippen LogP contribution in [-0.2, 0) is 33.1 Å². The Morgan fingerprint density at radius 2 is 0.953 bits per heavy atom. The van der Waals surface area contributed by atoms with Crippen LogP contribution in [0.3, 0.4) is 0 Å². The molecule has 43 heavy (non-hydrogen) atoms. The van der Waals surface area contributed by atoms with Gasteiger partial charge in [0.2, 0.25) is 0 Å². The second-order valence-corrected chi connectivity index (χ2v) is 14.4. The summed E-state index contributed by atoms with van der Waals surface area (Å²) in [6.45, 7) is 0. The largest absolute Gasteiger partial charge is 0.291 e. The first-order valence-corrected chi connectivity index (χ1v) is 17.0. The summed E-state index contributed by atoms with van der Waals surface area (Å²) in [5, 5.41) is 0. The number of benzene rings is 2. The number of rotatable bonds is 8. The predicted octanol–water partition coefficient (Wildman–Crippen LogP) is 6.74. The predicted molar refractivity (Wildman–Crippen MR) is 169 cm³/mol. The smallest absolute Gasteiger partial charge is 0.282 e. The third-order valence-corrected chi connectivity index (χ3v) is 11.3. The highest BCUT2D eigenvalue weighted by molar-refractivity contribution is 7.90. The van der Waals surface area contributed by atoms with Gasteiger partial charge < -0.3 is 0 Å². The van der Waals surface area contributed by atoms with Gasteiger partial charge in [-0.2, -0.15) is 16.8 Å². The van der Waals surface area contributed by atoms with Crippen LogP contribution in [0.15, 0.2) is 155 Å². The van der Waals surface area contributed by atoms with Crippen LogP contribution < -0.4 is 0 Å². The highest BCUT2D eigenvalue weighted by Crippen LogP contribution is 2.61. The standard InChI is InChI=1S/C35H32O6S2/c36-42(37,38)32-21-19-28-15-7-9-17-30(28)34(32,23-26-11-3-1-4-12-26)25-35(24-27-13-5-2-6-14-27)31-18-10-8-16-29(31)20-22-33(35)43(39,40)41/h1-22,30-31H,23-25H2,(H,36,37,38)(H,39,40,41)/t30-,31-,34-,35+/m1/s1. The van der Waals surface area contributed by atoms with Gasteiger partial charge in [0.15, 0.2) is 0 Å². The highest BCUT2D eigenvalue weighted by Gasteiger charge is 2.58. The van der Waals surface area contributed by atoms with Crippen LogP contribution in [-0.4, -0.2) is 25.9 Å². The molecule has 0 unspecified atom stereocenters. The van der Waals surface area contributed by atoms with E-state index in [1.54, 1.807) is 12.2 Å². The van der Waals surface area contributed by atoms with Crippen LogP contribution in [0.4, 0.5) is 0 Å². The lowest BCUT2D eigenvalue weighted by molar-refractivity contribution is 0.138. The van der Waals surface area contributed by atoms with Gasteiger partial charge in [-0.1, -0.05) is 121 Å². The minimum Gasteiger partial charge on any atom is -0.282 e. The van der Waals surface area contributed by atoms with E-state index in [1.165, 1.54) is 12.2 Å². The lowest BCUT2D eigenvalue weighted by Gasteiger charge is -2.53. The van der Waals surface area contributed by atoms with Crippen molar-refractivity contribution in [3.8, 4) is 0 Å². The van der Waals surface area contributed by atoms with E-state index >= 15 is 0 Å². The fourth-order valence-electron chi connectivity index (χ4n) is 7.50. The highest BCUT2D eigenvalue weighted by atomic mass is 32.2. The molecule has 0 fully saturated rings. The molecule has 4 aliphatic rings. The molecule has 6 nitrogen and oxygen atoms in total. The zero-order valence-electron chi connectivity index (χ0n) is 23.3. The zero-order chi connectivity index (χ0) is 30.3. The molecule has 0 heterocycles. The first kappa shape index (κ1) is 29.3. The summed E-state index contributed by atoms with van der Waals surface area (Å²) in [5.41, 5.74) is 0.720. The molecule has 8 heteroatoms. The summed E-state index contributed by atoms with van der Waals surface area (Å²) in [4.78, 5) is -0.350. The Morgan fingerprint density at radius 1 is 0.558 bits per heavy atom. The van der Waals surface area contributed by atoms with Gasteiger partial charge >= 0.3 is 0 Å². The van der Waals surface area contributed by atoms with Crippen LogP contribution in [0.5, 0.6) is 0 Å². The molecular weight excluding hydrogens is 581 g/mol. The monoisotopic (exact) mass is 612 g/mol. The average molecular weight is 613 g/mol. The average Bonchev–Trinajstić information content (AvgIpc) is 2.97. The van der Waals surface area contributed by atoms with E-state index in [2.05, 4.69) is 0 Å². The summed E-state index contributed by atoms with van der Waals surface area (Å²) >= 11 is 0. The van der Waals surface area contributed by atoms with Gasteiger partial charge in [0.25, 0.3) is 20.2 Å². The van der Waals surface area contributed by atoms with Gasteiger partial charge in [0.05, 0.1) is 9.81 Å². The Labute approximate surface area is 253 Å². The molecule has 2 aromatic rings. The first-order chi connectivity index (χ1) is 20.5. The second kappa shape index (κ2) is 11.0. The molecule has 2 N–H and O–H groups in total. The van der Waals surface area contributed by atoms with E-state index in [9.17, 15) is 25.9 Å². The SMILES string of the molecule is O=S(=O)(O)C1=CC=C2C=CC=C[C@H]2[C@@]1(Cc1ccccc1)C[C@]1(Cc2ccccc2)C(S(=O)(=O)O)=CC=C2C=CC=C[C@H]21. The minimum absolute atomic E-state index is 0.0125. The lowest BCUT2D eigenvalue weighted by atomic mass is 9.52. The van der Waals surface area contributed by atoms with Crippen molar-refractivity contribution in [2.24, 2.45) is 22.7 Å². The van der Waals surface area contributed by atoms with Crippen molar-refractivity contribution in [3.63, 3.8) is 0 Å². The topological polar surface area (TPSA) is 109 Å². The molecule has 6 rings (SSSR count). The number of hydrogen-bond acceptors (Lipinski definition) is 4. The van der Waals surface area contributed by atoms with Crippen LogP contribution in [0, 0.1) is 22.7 Å². The van der Waals surface area contributed by atoms with Gasteiger partial charge in [0.1, 0.15) is 0 Å². The number of allylic oxidation sites excluding steroid dienone is 16. The van der Waals surface area contributed by atoms with Gasteiger partial charge in [-0.05, 0) is 53.7 Å². The Balaban J connectivity index is 1.67. The molecule has 0 aromatic heterocycles. The third kappa shape index (κ3) is 5.40. The maximum Gasteiger partial charge on any atom is 0.291 e. The van der Waals surface area contributed by atoms with Gasteiger partial charge in [-0.3, -0.25) is 9.11 Å². The van der Waals surface area contributed by atoms with E-state index in [-0.39, 0.29) is 29.1 Å². The second-order valence-electron chi connectivity index (χ2n) is 11.6. The van der Waals surface area contributed by atoms with E-state index in [0.29, 0.717) is 0 Å². The van der Waals surface area contributed by atoms with Crippen molar-refractivity contribution in [2.75, 3.05) is 0 Å². The van der Waals surface area contributed by atoms with E-state index in [1.807, 2.05) is 109 Å². The summed E-state index contributed by atoms with van der Waals surface area (Å²) in [6, 6.07) is 18.9. The first-order valence-electron chi connectivity index (χ1n) is 14.1. The molecule has 0 saturated heterocycles. The molecule has 220 valence electrons. The Kier molecular flexibility index (Phi) is 7.50. The van der Waals surface area contributed by atoms with E-state index < -0.39 is 42.9 Å². The van der Waals surface area contributed by atoms with Crippen molar-refractivity contribution in [3.05, 3.63) is 166 Å². The Bertz CT molecular complexity index is 1750. The molecule has 0 radical (unpaired) electrons. The molecule has 2 aromatic carbocycles. The van der Waals surface area contributed by atoms with Gasteiger partial charge in [-0.15, -0.1) is 0 Å². The van der Waals surface area contributed by atoms with E-state index in [0.717, 1.165) is 22.3 Å². The molecule has 0 spiro atoms. The molecule has 4 aliphatic carbocycles. The van der Waals surface area contributed by atoms with Crippen molar-refractivity contribution >= 4 is 20.2 Å². The van der Waals surface area contributed by atoms with Crippen LogP contribution in [0.25, 0.3) is 0 Å². The van der Waals surface area contributed by atoms with Gasteiger partial charge in [0, 0.05) is 22.7 Å². The summed E-state index contributed by atoms with van der Waals surface area (Å²) in [5.74, 6) is -1.01. The Hall–Kier alpha value is -3.82. The van der Waals surface area contributed by atoms with Crippen LogP contribution in [0.1, 0.15) is 17.5 Å². The van der Waals surface area contributed by atoms with Crippen molar-refractivity contribution in [1.82, 2.24) is 0 Å². The fraction of sp³-hybridized carbons (Fsp3) is 0.200. The Morgan fingerprint density at radius 3 is 1.33 bits per heavy atom. The number of hydrogen-bond donors (Lipinski definition) is 2. The minimum atomic E-state index is -4.76. The molecule has 4 atom stereocenters. The maximum absolute atomic E-state index is 13.3. The van der Waals surface area contributed by atoms with Gasteiger partial charge in [-0.25, -0.2) is 0 Å². The third-order valence-electron chi connectivity index (χ3n) is 9.06. The summed E-state index contributed by atoms with van der Waals surface area (Å²) < 4.78 is 75.0. The summed E-state index contributed by atoms with van der Waals surface area (Å²) in [7, 11) is -9.51. The molecule has 0 aliphatic heterocycles. The van der Waals surface area contributed by atoms with Crippen molar-refractivity contribution < 1.29 is 25.9 Å². The van der Waals surface area contributed by atoms with Crippen LogP contribution in [0.2, 0.25) is 0 Å². The summed E-state index contributed by atoms with van der Waals surface area (Å²) in [6.07, 6.45) is 21.8. The molecule has 0 saturated carbocycles. The normalized spacial score (nSPS) is 27.9. The van der Waals surface area contributed by atoms with Crippen molar-refractivity contribution in [2.45, 2.75) is 19.3 Å². The number of fused-ring (bicyclic) bond motifs is 2. The zero-order valence-corrected chi connectivity index (χ0v) is 25.0. The molecule has 0 amide bonds. The fourth-order valence-corrected chi connectivity index (χ4v) is 9.55. The van der Waals surface area contributed by atoms with E-state index in [4.69, 9.17) is 0 Å². The molecular formula is C35H32O6S2. The lowest BCUT2D eigenvalue weighted by Crippen LogP contribution is -2.49. The maximum atomic E-state index is 13.3. The molecule has 0 bridgehead atoms.